The summed E-state index contributed by atoms with van der Waals surface area (Å²) in [5.74, 6) is 1.62. The van der Waals surface area contributed by atoms with Crippen LogP contribution in [0.5, 0.6) is 0 Å². The van der Waals surface area contributed by atoms with E-state index in [1.165, 1.54) is 25.7 Å². The minimum Gasteiger partial charge on any atom is -0.392 e. The van der Waals surface area contributed by atoms with Crippen molar-refractivity contribution in [3.63, 3.8) is 0 Å². The maximum absolute atomic E-state index is 12.1. The Kier molecular flexibility index (Phi) is 4.62. The molecule has 4 heteroatoms. The monoisotopic (exact) mass is 282 g/mol. The van der Waals surface area contributed by atoms with Gasteiger partial charge in [-0.3, -0.25) is 0 Å². The lowest BCUT2D eigenvalue weighted by Crippen LogP contribution is -2.49. The molecular formula is C16H30N2O2. The van der Waals surface area contributed by atoms with Crippen molar-refractivity contribution in [2.75, 3.05) is 6.54 Å². The third-order valence-electron chi connectivity index (χ3n) is 4.69. The normalized spacial score (nSPS) is 21.1. The lowest BCUT2D eigenvalue weighted by Gasteiger charge is -2.33. The summed E-state index contributed by atoms with van der Waals surface area (Å²) in [5, 5.41) is 16.3. The Morgan fingerprint density at radius 3 is 2.10 bits per heavy atom. The molecule has 0 aromatic heterocycles. The van der Waals surface area contributed by atoms with Gasteiger partial charge in [0.2, 0.25) is 0 Å². The number of hydrogen-bond donors (Lipinski definition) is 3. The summed E-state index contributed by atoms with van der Waals surface area (Å²) in [6, 6.07) is 0.311. The molecule has 0 heterocycles. The fraction of sp³-hybridized carbons (Fsp3) is 0.938. The van der Waals surface area contributed by atoms with Crippen molar-refractivity contribution in [3.05, 3.63) is 0 Å². The Hall–Kier alpha value is -0.770. The van der Waals surface area contributed by atoms with Gasteiger partial charge >= 0.3 is 6.03 Å². The van der Waals surface area contributed by atoms with Gasteiger partial charge in [0.05, 0.1) is 6.10 Å². The highest BCUT2D eigenvalue weighted by Gasteiger charge is 2.42. The lowest BCUT2D eigenvalue weighted by atomic mass is 9.81. The first-order valence-corrected chi connectivity index (χ1v) is 8.03. The highest BCUT2D eigenvalue weighted by Crippen LogP contribution is 2.44. The summed E-state index contributed by atoms with van der Waals surface area (Å²) in [5.41, 5.74) is -0.305. The van der Waals surface area contributed by atoms with E-state index in [0.29, 0.717) is 24.4 Å². The van der Waals surface area contributed by atoms with E-state index < -0.39 is 6.10 Å². The van der Waals surface area contributed by atoms with Crippen LogP contribution >= 0.6 is 0 Å². The number of urea groups is 1. The van der Waals surface area contributed by atoms with Crippen LogP contribution in [-0.4, -0.2) is 29.8 Å². The minimum atomic E-state index is -0.412. The van der Waals surface area contributed by atoms with Crippen LogP contribution in [0.15, 0.2) is 0 Å². The minimum absolute atomic E-state index is 0.0715. The van der Waals surface area contributed by atoms with E-state index in [9.17, 15) is 9.90 Å². The molecule has 3 N–H and O–H groups in total. The van der Waals surface area contributed by atoms with Crippen molar-refractivity contribution in [1.82, 2.24) is 10.6 Å². The highest BCUT2D eigenvalue weighted by molar-refractivity contribution is 5.74. The SMILES string of the molecule is CC(C)C(O)C(C)(C)CNC(=O)NC(C1CC1)C1CC1. The van der Waals surface area contributed by atoms with Gasteiger partial charge in [0, 0.05) is 18.0 Å². The zero-order valence-electron chi connectivity index (χ0n) is 13.3. The summed E-state index contributed by atoms with van der Waals surface area (Å²) in [6.07, 6.45) is 4.64. The van der Waals surface area contributed by atoms with E-state index in [2.05, 4.69) is 10.6 Å². The molecule has 2 aliphatic rings. The smallest absolute Gasteiger partial charge is 0.315 e. The first-order chi connectivity index (χ1) is 9.31. The van der Waals surface area contributed by atoms with Crippen LogP contribution in [0, 0.1) is 23.2 Å². The molecule has 20 heavy (non-hydrogen) atoms. The van der Waals surface area contributed by atoms with Gasteiger partial charge in [0.15, 0.2) is 0 Å². The Morgan fingerprint density at radius 2 is 1.70 bits per heavy atom. The fourth-order valence-electron chi connectivity index (χ4n) is 3.05. The van der Waals surface area contributed by atoms with Crippen LogP contribution in [0.25, 0.3) is 0 Å². The molecule has 0 bridgehead atoms. The number of hydrogen-bond acceptors (Lipinski definition) is 2. The number of aliphatic hydroxyl groups is 1. The molecule has 0 aliphatic heterocycles. The van der Waals surface area contributed by atoms with Gasteiger partial charge in [-0.05, 0) is 43.4 Å². The summed E-state index contributed by atoms with van der Waals surface area (Å²) in [6.45, 7) is 8.50. The second-order valence-electron chi connectivity index (χ2n) is 7.71. The van der Waals surface area contributed by atoms with Crippen LogP contribution < -0.4 is 10.6 Å². The quantitative estimate of drug-likeness (QED) is 0.672. The molecule has 2 rings (SSSR count). The molecule has 1 unspecified atom stereocenters. The molecule has 116 valence electrons. The van der Waals surface area contributed by atoms with Gasteiger partial charge in [0.25, 0.3) is 0 Å². The number of rotatable bonds is 7. The van der Waals surface area contributed by atoms with Gasteiger partial charge in [0.1, 0.15) is 0 Å². The molecule has 2 fully saturated rings. The molecule has 0 radical (unpaired) electrons. The second kappa shape index (κ2) is 5.92. The Bertz CT molecular complexity index is 334. The number of carbonyl (C=O) groups excluding carboxylic acids is 1. The van der Waals surface area contributed by atoms with Crippen molar-refractivity contribution in [1.29, 1.82) is 0 Å². The summed E-state index contributed by atoms with van der Waals surface area (Å²) in [7, 11) is 0. The molecule has 0 aromatic rings. The van der Waals surface area contributed by atoms with Gasteiger partial charge in [-0.15, -0.1) is 0 Å². The first kappa shape index (κ1) is 15.6. The molecule has 0 aromatic carbocycles. The average molecular weight is 282 g/mol. The van der Waals surface area contributed by atoms with Gasteiger partial charge in [-0.25, -0.2) is 4.79 Å². The van der Waals surface area contributed by atoms with Crippen LogP contribution in [-0.2, 0) is 0 Å². The van der Waals surface area contributed by atoms with E-state index in [1.807, 2.05) is 27.7 Å². The second-order valence-corrected chi connectivity index (χ2v) is 7.71. The maximum Gasteiger partial charge on any atom is 0.315 e. The standard InChI is InChI=1S/C16H30N2O2/c1-10(2)14(19)16(3,4)9-17-15(20)18-13(11-5-6-11)12-7-8-12/h10-14,19H,5-9H2,1-4H3,(H2,17,18,20). The van der Waals surface area contributed by atoms with E-state index in [-0.39, 0.29) is 17.4 Å². The first-order valence-electron chi connectivity index (χ1n) is 8.03. The lowest BCUT2D eigenvalue weighted by molar-refractivity contribution is 0.0151. The van der Waals surface area contributed by atoms with E-state index in [1.54, 1.807) is 0 Å². The van der Waals surface area contributed by atoms with Crippen LogP contribution in [0.2, 0.25) is 0 Å². The van der Waals surface area contributed by atoms with Crippen LogP contribution in [0.4, 0.5) is 4.79 Å². The molecule has 2 aliphatic carbocycles. The Morgan fingerprint density at radius 1 is 1.20 bits per heavy atom. The van der Waals surface area contributed by atoms with E-state index in [4.69, 9.17) is 0 Å². The van der Waals surface area contributed by atoms with E-state index in [0.717, 1.165) is 0 Å². The van der Waals surface area contributed by atoms with Crippen molar-refractivity contribution < 1.29 is 9.90 Å². The fourth-order valence-corrected chi connectivity index (χ4v) is 3.05. The van der Waals surface area contributed by atoms with Crippen molar-refractivity contribution in [2.45, 2.75) is 65.5 Å². The summed E-state index contributed by atoms with van der Waals surface area (Å²) in [4.78, 5) is 12.1. The summed E-state index contributed by atoms with van der Waals surface area (Å²) < 4.78 is 0. The predicted molar refractivity (Wildman–Crippen MR) is 80.4 cm³/mol. The zero-order chi connectivity index (χ0) is 14.9. The van der Waals surface area contributed by atoms with Crippen LogP contribution in [0.3, 0.4) is 0 Å². The van der Waals surface area contributed by atoms with Gasteiger partial charge in [-0.1, -0.05) is 27.7 Å². The zero-order valence-corrected chi connectivity index (χ0v) is 13.3. The topological polar surface area (TPSA) is 61.4 Å². The third kappa shape index (κ3) is 4.11. The number of aliphatic hydroxyl groups excluding tert-OH is 1. The third-order valence-corrected chi connectivity index (χ3v) is 4.69. The molecule has 0 spiro atoms. The number of carbonyl (C=O) groups is 1. The molecule has 0 saturated heterocycles. The molecule has 2 amide bonds. The van der Waals surface area contributed by atoms with Gasteiger partial charge in [-0.2, -0.15) is 0 Å². The highest BCUT2D eigenvalue weighted by atomic mass is 16.3. The van der Waals surface area contributed by atoms with Crippen molar-refractivity contribution in [3.8, 4) is 0 Å². The molecule has 2 saturated carbocycles. The summed E-state index contributed by atoms with van der Waals surface area (Å²) >= 11 is 0. The Balaban J connectivity index is 1.76. The number of nitrogens with one attached hydrogen (secondary N) is 2. The molecule has 4 nitrogen and oxygen atoms in total. The van der Waals surface area contributed by atoms with Gasteiger partial charge < -0.3 is 15.7 Å². The Labute approximate surface area is 122 Å². The van der Waals surface area contributed by atoms with Crippen molar-refractivity contribution >= 4 is 6.03 Å². The molecule has 1 atom stereocenters. The van der Waals surface area contributed by atoms with Crippen LogP contribution in [0.1, 0.15) is 53.4 Å². The average Bonchev–Trinajstić information content (AvgIpc) is 3.25. The van der Waals surface area contributed by atoms with Crippen molar-refractivity contribution in [2.24, 2.45) is 23.2 Å². The number of amides is 2. The predicted octanol–water partition coefficient (Wildman–Crippen LogP) is 2.52. The molecular weight excluding hydrogens is 252 g/mol. The largest absolute Gasteiger partial charge is 0.392 e. The maximum atomic E-state index is 12.1. The van der Waals surface area contributed by atoms with E-state index >= 15 is 0 Å².